The third kappa shape index (κ3) is 3.31. The fourth-order valence-electron chi connectivity index (χ4n) is 3.07. The number of nitriles is 1. The summed E-state index contributed by atoms with van der Waals surface area (Å²) in [6.45, 7) is 5.72. The summed E-state index contributed by atoms with van der Waals surface area (Å²) in [4.78, 5) is 13.0. The Balaban J connectivity index is 1.67. The first-order valence-corrected chi connectivity index (χ1v) is 8.07. The maximum Gasteiger partial charge on any atom is 0.183 e. The van der Waals surface area contributed by atoms with Gasteiger partial charge in [-0.1, -0.05) is 12.1 Å². The Hall–Kier alpha value is -2.65. The van der Waals surface area contributed by atoms with Gasteiger partial charge in [0.25, 0.3) is 0 Å². The van der Waals surface area contributed by atoms with Crippen LogP contribution in [0.2, 0.25) is 0 Å². The normalized spacial score (nSPS) is 16.5. The molecule has 1 aromatic heterocycles. The molecule has 0 amide bonds. The van der Waals surface area contributed by atoms with Gasteiger partial charge in [-0.2, -0.15) is 5.26 Å². The van der Waals surface area contributed by atoms with Crippen molar-refractivity contribution < 1.29 is 4.74 Å². The lowest BCUT2D eigenvalue weighted by Crippen LogP contribution is -2.47. The summed E-state index contributed by atoms with van der Waals surface area (Å²) >= 11 is 0. The van der Waals surface area contributed by atoms with Gasteiger partial charge in [-0.25, -0.2) is 9.97 Å². The van der Waals surface area contributed by atoms with Crippen LogP contribution >= 0.6 is 0 Å². The molecule has 1 saturated heterocycles. The Morgan fingerprint density at radius 3 is 2.62 bits per heavy atom. The standard InChI is InChI=1S/C18H21N5O/c1-14(15-4-3-5-16(12-15)24-2)22-8-10-23(11-9-22)18-17(13-19)20-6-7-21-18/h3-7,12,14H,8-11H2,1-2H3. The molecule has 0 bridgehead atoms. The summed E-state index contributed by atoms with van der Waals surface area (Å²) < 4.78 is 5.32. The number of methoxy groups -OCH3 is 1. The number of aromatic nitrogens is 2. The van der Waals surface area contributed by atoms with Crippen LogP contribution in [0.4, 0.5) is 5.82 Å². The van der Waals surface area contributed by atoms with Gasteiger partial charge in [-0.15, -0.1) is 0 Å². The van der Waals surface area contributed by atoms with E-state index in [0.717, 1.165) is 31.9 Å². The SMILES string of the molecule is COc1cccc(C(C)N2CCN(c3nccnc3C#N)CC2)c1. The summed E-state index contributed by atoms with van der Waals surface area (Å²) in [6, 6.07) is 10.7. The van der Waals surface area contributed by atoms with E-state index < -0.39 is 0 Å². The molecule has 3 rings (SSSR count). The van der Waals surface area contributed by atoms with E-state index in [1.54, 1.807) is 19.5 Å². The van der Waals surface area contributed by atoms with Gasteiger partial charge in [0.15, 0.2) is 11.5 Å². The minimum absolute atomic E-state index is 0.319. The Morgan fingerprint density at radius 2 is 1.92 bits per heavy atom. The molecule has 0 aliphatic carbocycles. The predicted octanol–water partition coefficient (Wildman–Crippen LogP) is 2.24. The van der Waals surface area contributed by atoms with Crippen molar-refractivity contribution in [1.29, 1.82) is 5.26 Å². The van der Waals surface area contributed by atoms with Crippen molar-refractivity contribution in [3.63, 3.8) is 0 Å². The summed E-state index contributed by atoms with van der Waals surface area (Å²) in [5, 5.41) is 9.19. The third-order valence-corrected chi connectivity index (χ3v) is 4.52. The number of ether oxygens (including phenoxy) is 1. The fourth-order valence-corrected chi connectivity index (χ4v) is 3.07. The van der Waals surface area contributed by atoms with Crippen molar-refractivity contribution in [2.24, 2.45) is 0 Å². The number of piperazine rings is 1. The van der Waals surface area contributed by atoms with Crippen LogP contribution < -0.4 is 9.64 Å². The first kappa shape index (κ1) is 16.2. The average molecular weight is 323 g/mol. The molecule has 24 heavy (non-hydrogen) atoms. The number of anilines is 1. The first-order valence-electron chi connectivity index (χ1n) is 8.07. The highest BCUT2D eigenvalue weighted by Gasteiger charge is 2.24. The van der Waals surface area contributed by atoms with Crippen molar-refractivity contribution in [1.82, 2.24) is 14.9 Å². The van der Waals surface area contributed by atoms with Crippen LogP contribution in [-0.4, -0.2) is 48.2 Å². The van der Waals surface area contributed by atoms with Crippen molar-refractivity contribution in [2.75, 3.05) is 38.2 Å². The second-order valence-corrected chi connectivity index (χ2v) is 5.82. The quantitative estimate of drug-likeness (QED) is 0.860. The Labute approximate surface area is 142 Å². The minimum atomic E-state index is 0.319. The molecule has 1 aliphatic rings. The van der Waals surface area contributed by atoms with E-state index in [0.29, 0.717) is 17.6 Å². The predicted molar refractivity (Wildman–Crippen MR) is 91.9 cm³/mol. The van der Waals surface area contributed by atoms with Crippen molar-refractivity contribution >= 4 is 5.82 Å². The van der Waals surface area contributed by atoms with Gasteiger partial charge < -0.3 is 9.64 Å². The second-order valence-electron chi connectivity index (χ2n) is 5.82. The molecule has 1 fully saturated rings. The summed E-state index contributed by atoms with van der Waals surface area (Å²) in [5.74, 6) is 1.57. The van der Waals surface area contributed by atoms with Crippen LogP contribution in [0.5, 0.6) is 5.75 Å². The van der Waals surface area contributed by atoms with Crippen LogP contribution in [0, 0.1) is 11.3 Å². The molecular formula is C18H21N5O. The highest BCUT2D eigenvalue weighted by molar-refractivity contribution is 5.49. The molecule has 2 aromatic rings. The van der Waals surface area contributed by atoms with E-state index in [2.05, 4.69) is 44.9 Å². The maximum atomic E-state index is 9.19. The molecule has 0 N–H and O–H groups in total. The maximum absolute atomic E-state index is 9.19. The van der Waals surface area contributed by atoms with E-state index in [1.807, 2.05) is 12.1 Å². The van der Waals surface area contributed by atoms with Gasteiger partial charge in [0.05, 0.1) is 7.11 Å². The third-order valence-electron chi connectivity index (χ3n) is 4.52. The molecular weight excluding hydrogens is 302 g/mol. The molecule has 2 heterocycles. The van der Waals surface area contributed by atoms with Crippen LogP contribution in [0.3, 0.4) is 0 Å². The number of hydrogen-bond donors (Lipinski definition) is 0. The Morgan fingerprint density at radius 1 is 1.17 bits per heavy atom. The van der Waals surface area contributed by atoms with Crippen LogP contribution in [0.25, 0.3) is 0 Å². The molecule has 124 valence electrons. The van der Waals surface area contributed by atoms with Crippen molar-refractivity contribution in [3.05, 3.63) is 47.9 Å². The van der Waals surface area contributed by atoms with E-state index >= 15 is 0 Å². The number of benzene rings is 1. The zero-order valence-corrected chi connectivity index (χ0v) is 14.0. The van der Waals surface area contributed by atoms with Crippen molar-refractivity contribution in [3.8, 4) is 11.8 Å². The fraction of sp³-hybridized carbons (Fsp3) is 0.389. The molecule has 1 atom stereocenters. The molecule has 0 radical (unpaired) electrons. The molecule has 1 unspecified atom stereocenters. The smallest absolute Gasteiger partial charge is 0.183 e. The highest BCUT2D eigenvalue weighted by Crippen LogP contribution is 2.26. The molecule has 6 heteroatoms. The number of hydrogen-bond acceptors (Lipinski definition) is 6. The zero-order valence-electron chi connectivity index (χ0n) is 14.0. The Bertz CT molecular complexity index is 734. The number of nitrogens with zero attached hydrogens (tertiary/aromatic N) is 5. The second kappa shape index (κ2) is 7.28. The summed E-state index contributed by atoms with van der Waals surface area (Å²) in [6.07, 6.45) is 3.20. The number of rotatable bonds is 4. The van der Waals surface area contributed by atoms with E-state index in [1.165, 1.54) is 5.56 Å². The highest BCUT2D eigenvalue weighted by atomic mass is 16.5. The van der Waals surface area contributed by atoms with Gasteiger partial charge in [-0.3, -0.25) is 4.90 Å². The lowest BCUT2D eigenvalue weighted by atomic mass is 10.1. The van der Waals surface area contributed by atoms with Gasteiger partial charge >= 0.3 is 0 Å². The summed E-state index contributed by atoms with van der Waals surface area (Å²) in [7, 11) is 1.69. The van der Waals surface area contributed by atoms with Gasteiger partial charge in [0.1, 0.15) is 11.8 Å². The molecule has 1 aliphatic heterocycles. The van der Waals surface area contributed by atoms with E-state index in [4.69, 9.17) is 4.74 Å². The van der Waals surface area contributed by atoms with Crippen LogP contribution in [0.1, 0.15) is 24.2 Å². The lowest BCUT2D eigenvalue weighted by Gasteiger charge is -2.38. The zero-order chi connectivity index (χ0) is 16.9. The van der Waals surface area contributed by atoms with Gasteiger partial charge in [0.2, 0.25) is 0 Å². The van der Waals surface area contributed by atoms with Crippen LogP contribution in [0.15, 0.2) is 36.7 Å². The van der Waals surface area contributed by atoms with Gasteiger partial charge in [0, 0.05) is 44.6 Å². The van der Waals surface area contributed by atoms with E-state index in [9.17, 15) is 5.26 Å². The van der Waals surface area contributed by atoms with Crippen molar-refractivity contribution in [2.45, 2.75) is 13.0 Å². The molecule has 0 saturated carbocycles. The molecule has 0 spiro atoms. The topological polar surface area (TPSA) is 65.3 Å². The van der Waals surface area contributed by atoms with Gasteiger partial charge in [-0.05, 0) is 24.6 Å². The molecule has 6 nitrogen and oxygen atoms in total. The minimum Gasteiger partial charge on any atom is -0.497 e. The van der Waals surface area contributed by atoms with Crippen LogP contribution in [-0.2, 0) is 0 Å². The monoisotopic (exact) mass is 323 g/mol. The molecule has 1 aromatic carbocycles. The Kier molecular flexibility index (Phi) is 4.92. The largest absolute Gasteiger partial charge is 0.497 e. The van der Waals surface area contributed by atoms with E-state index in [-0.39, 0.29) is 0 Å². The average Bonchev–Trinajstić information content (AvgIpc) is 2.67. The first-order chi connectivity index (χ1) is 11.7. The lowest BCUT2D eigenvalue weighted by molar-refractivity contribution is 0.198. The summed E-state index contributed by atoms with van der Waals surface area (Å²) in [5.41, 5.74) is 1.65.